The minimum atomic E-state index is -0.722. The van der Waals surface area contributed by atoms with Gasteiger partial charge in [0, 0.05) is 23.3 Å². The van der Waals surface area contributed by atoms with E-state index in [4.69, 9.17) is 22.1 Å². The fourth-order valence-electron chi connectivity index (χ4n) is 1.25. The van der Waals surface area contributed by atoms with E-state index in [2.05, 4.69) is 4.98 Å². The van der Waals surface area contributed by atoms with Gasteiger partial charge in [0.25, 0.3) is 0 Å². The summed E-state index contributed by atoms with van der Waals surface area (Å²) in [6, 6.07) is 2.63. The van der Waals surface area contributed by atoms with Crippen molar-refractivity contribution in [2.24, 2.45) is 5.73 Å². The molecule has 1 atom stereocenters. The third-order valence-electron chi connectivity index (χ3n) is 1.92. The number of aromatic nitrogens is 1. The molecule has 0 bridgehead atoms. The highest BCUT2D eigenvalue weighted by Crippen LogP contribution is 2.12. The topological polar surface area (TPSA) is 65.2 Å². The molecule has 4 nitrogen and oxygen atoms in total. The van der Waals surface area contributed by atoms with E-state index in [1.807, 2.05) is 0 Å². The minimum Gasteiger partial charge on any atom is -0.459 e. The van der Waals surface area contributed by atoms with Crippen molar-refractivity contribution in [2.75, 3.05) is 0 Å². The molecule has 1 unspecified atom stereocenters. The molecule has 0 spiro atoms. The Hall–Kier alpha value is -1.13. The van der Waals surface area contributed by atoms with Gasteiger partial charge in [0.1, 0.15) is 11.6 Å². The molecule has 1 aromatic rings. The van der Waals surface area contributed by atoms with Crippen molar-refractivity contribution in [3.05, 3.63) is 29.0 Å². The fraction of sp³-hybridized carbons (Fsp3) is 0.500. The van der Waals surface area contributed by atoms with Gasteiger partial charge >= 0.3 is 5.97 Å². The summed E-state index contributed by atoms with van der Waals surface area (Å²) in [6.45, 7) is 5.40. The zero-order valence-corrected chi connectivity index (χ0v) is 11.0. The summed E-state index contributed by atoms with van der Waals surface area (Å²) in [6.07, 6.45) is 1.90. The molecule has 0 aliphatic carbocycles. The molecule has 2 N–H and O–H groups in total. The molecule has 17 heavy (non-hydrogen) atoms. The average Bonchev–Trinajstić information content (AvgIpc) is 2.14. The summed E-state index contributed by atoms with van der Waals surface area (Å²) >= 11 is 5.82. The Kier molecular flexibility index (Phi) is 4.48. The largest absolute Gasteiger partial charge is 0.459 e. The molecule has 1 heterocycles. The SMILES string of the molecule is CC(C)(C)OC(=O)C(N)Cc1cc(Cl)ccn1. The predicted molar refractivity (Wildman–Crippen MR) is 66.8 cm³/mol. The molecule has 0 aromatic carbocycles. The first-order chi connectivity index (χ1) is 7.78. The van der Waals surface area contributed by atoms with Crippen molar-refractivity contribution < 1.29 is 9.53 Å². The lowest BCUT2D eigenvalue weighted by Crippen LogP contribution is -2.39. The molecule has 0 amide bonds. The van der Waals surface area contributed by atoms with Crippen LogP contribution >= 0.6 is 11.6 Å². The van der Waals surface area contributed by atoms with Crippen molar-refractivity contribution in [2.45, 2.75) is 38.8 Å². The minimum absolute atomic E-state index is 0.315. The fourth-order valence-corrected chi connectivity index (χ4v) is 1.43. The van der Waals surface area contributed by atoms with E-state index in [0.29, 0.717) is 17.1 Å². The van der Waals surface area contributed by atoms with Crippen molar-refractivity contribution in [1.29, 1.82) is 0 Å². The van der Waals surface area contributed by atoms with Crippen molar-refractivity contribution in [3.63, 3.8) is 0 Å². The Labute approximate surface area is 106 Å². The monoisotopic (exact) mass is 256 g/mol. The highest BCUT2D eigenvalue weighted by molar-refractivity contribution is 6.30. The molecule has 0 saturated heterocycles. The highest BCUT2D eigenvalue weighted by Gasteiger charge is 2.22. The predicted octanol–water partition coefficient (Wildman–Crippen LogP) is 1.95. The van der Waals surface area contributed by atoms with Crippen LogP contribution in [0.1, 0.15) is 26.5 Å². The maximum absolute atomic E-state index is 11.6. The third-order valence-corrected chi connectivity index (χ3v) is 2.15. The molecule has 0 fully saturated rings. The number of carbonyl (C=O) groups is 1. The number of rotatable bonds is 3. The van der Waals surface area contributed by atoms with Gasteiger partial charge in [-0.15, -0.1) is 0 Å². The smallest absolute Gasteiger partial charge is 0.323 e. The first-order valence-electron chi connectivity index (χ1n) is 5.37. The number of carbonyl (C=O) groups excluding carboxylic acids is 1. The number of nitrogens with two attached hydrogens (primary N) is 1. The summed E-state index contributed by atoms with van der Waals surface area (Å²) in [5.41, 5.74) is 5.89. The van der Waals surface area contributed by atoms with E-state index in [0.717, 1.165) is 0 Å². The van der Waals surface area contributed by atoms with Crippen molar-refractivity contribution in [3.8, 4) is 0 Å². The van der Waals surface area contributed by atoms with Crippen LogP contribution in [0.3, 0.4) is 0 Å². The van der Waals surface area contributed by atoms with Crippen LogP contribution in [-0.2, 0) is 16.0 Å². The van der Waals surface area contributed by atoms with Crippen molar-refractivity contribution >= 4 is 17.6 Å². The summed E-state index contributed by atoms with van der Waals surface area (Å²) in [7, 11) is 0. The lowest BCUT2D eigenvalue weighted by molar-refractivity contribution is -0.156. The van der Waals surface area contributed by atoms with Crippen LogP contribution in [0.5, 0.6) is 0 Å². The van der Waals surface area contributed by atoms with Crippen LogP contribution in [0.2, 0.25) is 5.02 Å². The molecular weight excluding hydrogens is 240 g/mol. The third kappa shape index (κ3) is 5.15. The van der Waals surface area contributed by atoms with Gasteiger partial charge in [-0.25, -0.2) is 0 Å². The average molecular weight is 257 g/mol. The summed E-state index contributed by atoms with van der Waals surface area (Å²) < 4.78 is 5.18. The molecule has 0 aliphatic heterocycles. The molecular formula is C12H17ClN2O2. The number of ether oxygens (including phenoxy) is 1. The van der Waals surface area contributed by atoms with Crippen LogP contribution < -0.4 is 5.73 Å². The van der Waals surface area contributed by atoms with Crippen LogP contribution in [0.15, 0.2) is 18.3 Å². The zero-order chi connectivity index (χ0) is 13.1. The van der Waals surface area contributed by atoms with E-state index >= 15 is 0 Å². The Morgan fingerprint density at radius 1 is 1.59 bits per heavy atom. The van der Waals surface area contributed by atoms with Gasteiger partial charge in [0.05, 0.1) is 0 Å². The molecule has 1 aromatic heterocycles. The second kappa shape index (κ2) is 5.47. The van der Waals surface area contributed by atoms with Gasteiger partial charge in [-0.05, 0) is 32.9 Å². The normalized spacial score (nSPS) is 13.2. The van der Waals surface area contributed by atoms with E-state index in [-0.39, 0.29) is 0 Å². The number of esters is 1. The number of pyridine rings is 1. The molecule has 1 rings (SSSR count). The second-order valence-electron chi connectivity index (χ2n) is 4.81. The highest BCUT2D eigenvalue weighted by atomic mass is 35.5. The Balaban J connectivity index is 2.60. The number of halogens is 1. The van der Waals surface area contributed by atoms with Gasteiger partial charge < -0.3 is 10.5 Å². The van der Waals surface area contributed by atoms with Crippen molar-refractivity contribution in [1.82, 2.24) is 4.98 Å². The Morgan fingerprint density at radius 3 is 2.76 bits per heavy atom. The molecule has 0 saturated carbocycles. The summed E-state index contributed by atoms with van der Waals surface area (Å²) in [5, 5.41) is 0.575. The zero-order valence-electron chi connectivity index (χ0n) is 10.2. The molecule has 5 heteroatoms. The quantitative estimate of drug-likeness (QED) is 0.840. The summed E-state index contributed by atoms with van der Waals surface area (Å²) in [5.74, 6) is -0.431. The van der Waals surface area contributed by atoms with Gasteiger partial charge in [-0.1, -0.05) is 11.6 Å². The summed E-state index contributed by atoms with van der Waals surface area (Å²) in [4.78, 5) is 15.7. The molecule has 0 radical (unpaired) electrons. The van der Waals surface area contributed by atoms with E-state index in [1.165, 1.54) is 0 Å². The number of hydrogen-bond acceptors (Lipinski definition) is 4. The maximum Gasteiger partial charge on any atom is 0.323 e. The lowest BCUT2D eigenvalue weighted by Gasteiger charge is -2.22. The number of hydrogen-bond donors (Lipinski definition) is 1. The van der Waals surface area contributed by atoms with Gasteiger partial charge in [-0.2, -0.15) is 0 Å². The number of nitrogens with zero attached hydrogens (tertiary/aromatic N) is 1. The van der Waals surface area contributed by atoms with Gasteiger partial charge in [-0.3, -0.25) is 9.78 Å². The lowest BCUT2D eigenvalue weighted by atomic mass is 10.1. The van der Waals surface area contributed by atoms with Crippen LogP contribution in [-0.4, -0.2) is 22.6 Å². The Morgan fingerprint density at radius 2 is 2.24 bits per heavy atom. The van der Waals surface area contributed by atoms with Gasteiger partial charge in [0.15, 0.2) is 0 Å². The van der Waals surface area contributed by atoms with E-state index in [1.54, 1.807) is 39.1 Å². The molecule has 94 valence electrons. The Bertz CT molecular complexity index is 402. The van der Waals surface area contributed by atoms with E-state index < -0.39 is 17.6 Å². The second-order valence-corrected chi connectivity index (χ2v) is 5.25. The van der Waals surface area contributed by atoms with Gasteiger partial charge in [0.2, 0.25) is 0 Å². The van der Waals surface area contributed by atoms with Crippen LogP contribution in [0.4, 0.5) is 0 Å². The first kappa shape index (κ1) is 13.9. The van der Waals surface area contributed by atoms with Crippen LogP contribution in [0.25, 0.3) is 0 Å². The van der Waals surface area contributed by atoms with E-state index in [9.17, 15) is 4.79 Å². The van der Waals surface area contributed by atoms with Crippen LogP contribution in [0, 0.1) is 0 Å². The molecule has 0 aliphatic rings. The first-order valence-corrected chi connectivity index (χ1v) is 5.74. The maximum atomic E-state index is 11.6. The standard InChI is InChI=1S/C12H17ClN2O2/c1-12(2,3)17-11(16)10(14)7-9-6-8(13)4-5-15-9/h4-6,10H,7,14H2,1-3H3.